The predicted octanol–water partition coefficient (Wildman–Crippen LogP) is 3.02. The predicted molar refractivity (Wildman–Crippen MR) is 78.6 cm³/mol. The Hall–Kier alpha value is -1.38. The Bertz CT molecular complexity index is 770. The fourth-order valence-corrected chi connectivity index (χ4v) is 3.36. The van der Waals surface area contributed by atoms with Gasteiger partial charge in [0.1, 0.15) is 4.90 Å². The van der Waals surface area contributed by atoms with Crippen molar-refractivity contribution < 1.29 is 12.8 Å². The van der Waals surface area contributed by atoms with Gasteiger partial charge in [-0.1, -0.05) is 11.6 Å². The van der Waals surface area contributed by atoms with Crippen LogP contribution in [0.15, 0.2) is 39.8 Å². The molecule has 0 radical (unpaired) electrons. The lowest BCUT2D eigenvalue weighted by Gasteiger charge is -2.10. The topological polar surface area (TPSA) is 85.1 Å². The van der Waals surface area contributed by atoms with Gasteiger partial charge in [-0.2, -0.15) is 0 Å². The van der Waals surface area contributed by atoms with E-state index < -0.39 is 20.7 Å². The third-order valence-corrected chi connectivity index (χ3v) is 4.55. The van der Waals surface area contributed by atoms with Crippen molar-refractivity contribution in [2.75, 3.05) is 10.5 Å². The Balaban J connectivity index is 2.49. The third-order valence-electron chi connectivity index (χ3n) is 2.30. The monoisotopic (exact) mass is 379 g/mol. The third kappa shape index (κ3) is 3.02. The van der Waals surface area contributed by atoms with Crippen molar-refractivity contribution in [3.05, 3.63) is 45.8 Å². The van der Waals surface area contributed by atoms with E-state index in [0.717, 1.165) is 12.1 Å². The highest BCUT2D eigenvalue weighted by molar-refractivity contribution is 9.10. The smallest absolute Gasteiger partial charge is 0.266 e. The second-order valence-electron chi connectivity index (χ2n) is 3.75. The first-order chi connectivity index (χ1) is 9.31. The molecule has 9 heteroatoms. The Morgan fingerprint density at radius 1 is 1.40 bits per heavy atom. The molecule has 0 unspecified atom stereocenters. The summed E-state index contributed by atoms with van der Waals surface area (Å²) in [5, 5.41) is -0.370. The molecule has 3 N–H and O–H groups in total. The molecule has 2 rings (SSSR count). The van der Waals surface area contributed by atoms with Gasteiger partial charge >= 0.3 is 0 Å². The average Bonchev–Trinajstić information content (AvgIpc) is 2.36. The lowest BCUT2D eigenvalue weighted by atomic mass is 10.3. The summed E-state index contributed by atoms with van der Waals surface area (Å²) >= 11 is 8.72. The van der Waals surface area contributed by atoms with Crippen molar-refractivity contribution in [2.24, 2.45) is 0 Å². The first kappa shape index (κ1) is 15.0. The van der Waals surface area contributed by atoms with Crippen LogP contribution in [0, 0.1) is 5.82 Å². The maximum absolute atomic E-state index is 13.8. The van der Waals surface area contributed by atoms with Crippen LogP contribution in [0.25, 0.3) is 0 Å². The minimum absolute atomic E-state index is 0.0328. The number of sulfonamides is 1. The molecular weight excluding hydrogens is 373 g/mol. The fraction of sp³-hybridized carbons (Fsp3) is 0. The number of hydrogen-bond acceptors (Lipinski definition) is 4. The minimum atomic E-state index is -4.19. The van der Waals surface area contributed by atoms with E-state index >= 15 is 0 Å². The van der Waals surface area contributed by atoms with E-state index in [0.29, 0.717) is 4.47 Å². The van der Waals surface area contributed by atoms with E-state index in [-0.39, 0.29) is 16.5 Å². The van der Waals surface area contributed by atoms with Crippen LogP contribution in [0.2, 0.25) is 5.02 Å². The summed E-state index contributed by atoms with van der Waals surface area (Å²) in [5.74, 6) is -1.04. The van der Waals surface area contributed by atoms with Crippen LogP contribution in [-0.4, -0.2) is 13.4 Å². The van der Waals surface area contributed by atoms with E-state index in [1.807, 2.05) is 0 Å². The number of anilines is 2. The fourth-order valence-electron chi connectivity index (χ4n) is 1.42. The van der Waals surface area contributed by atoms with Crippen molar-refractivity contribution in [3.8, 4) is 0 Å². The maximum Gasteiger partial charge on any atom is 0.266 e. The second-order valence-corrected chi connectivity index (χ2v) is 6.67. The highest BCUT2D eigenvalue weighted by atomic mass is 79.9. The van der Waals surface area contributed by atoms with Crippen LogP contribution in [0.1, 0.15) is 0 Å². The minimum Gasteiger partial charge on any atom is -0.399 e. The Labute approximate surface area is 128 Å². The molecule has 1 heterocycles. The summed E-state index contributed by atoms with van der Waals surface area (Å²) in [5.41, 5.74) is 5.52. The number of nitrogen functional groups attached to an aromatic ring is 1. The zero-order valence-electron chi connectivity index (χ0n) is 9.77. The van der Waals surface area contributed by atoms with Crippen molar-refractivity contribution in [2.45, 2.75) is 4.90 Å². The first-order valence-electron chi connectivity index (χ1n) is 5.19. The summed E-state index contributed by atoms with van der Waals surface area (Å²) in [7, 11) is -4.19. The number of rotatable bonds is 3. The van der Waals surface area contributed by atoms with E-state index in [4.69, 9.17) is 17.3 Å². The van der Waals surface area contributed by atoms with Crippen molar-refractivity contribution in [1.29, 1.82) is 0 Å². The SMILES string of the molecule is Nc1cc(Cl)c(F)c(S(=O)(=O)Nc2ncccc2Br)c1. The molecule has 2 aromatic rings. The van der Waals surface area contributed by atoms with E-state index in [1.54, 1.807) is 12.1 Å². The Morgan fingerprint density at radius 3 is 2.75 bits per heavy atom. The average molecular weight is 381 g/mol. The molecule has 0 spiro atoms. The number of pyridine rings is 1. The lowest BCUT2D eigenvalue weighted by molar-refractivity contribution is 0.570. The quantitative estimate of drug-likeness (QED) is 0.802. The van der Waals surface area contributed by atoms with E-state index in [1.165, 1.54) is 6.20 Å². The molecule has 0 fully saturated rings. The Kier molecular flexibility index (Phi) is 4.17. The van der Waals surface area contributed by atoms with Crippen LogP contribution in [-0.2, 0) is 10.0 Å². The van der Waals surface area contributed by atoms with Gasteiger partial charge in [-0.15, -0.1) is 0 Å². The van der Waals surface area contributed by atoms with Gasteiger partial charge in [0.05, 0.1) is 9.50 Å². The number of benzene rings is 1. The molecule has 0 saturated carbocycles. The second kappa shape index (κ2) is 5.55. The molecule has 0 atom stereocenters. The molecule has 0 aliphatic rings. The summed E-state index contributed by atoms with van der Waals surface area (Å²) in [6, 6.07) is 5.32. The normalized spacial score (nSPS) is 11.3. The van der Waals surface area contributed by atoms with Crippen LogP contribution >= 0.6 is 27.5 Å². The molecule has 0 aliphatic carbocycles. The number of hydrogen-bond donors (Lipinski definition) is 2. The molecule has 1 aromatic heterocycles. The molecule has 5 nitrogen and oxygen atoms in total. The largest absolute Gasteiger partial charge is 0.399 e. The molecule has 1 aromatic carbocycles. The zero-order chi connectivity index (χ0) is 14.9. The number of aromatic nitrogens is 1. The number of nitrogens with one attached hydrogen (secondary N) is 1. The van der Waals surface area contributed by atoms with Crippen molar-refractivity contribution in [1.82, 2.24) is 4.98 Å². The van der Waals surface area contributed by atoms with Crippen LogP contribution < -0.4 is 10.5 Å². The number of halogens is 3. The van der Waals surface area contributed by atoms with Gasteiger partial charge in [-0.3, -0.25) is 4.72 Å². The standard InChI is InChI=1S/C11H8BrClFN3O2S/c12-7-2-1-3-16-11(7)17-20(18,19)9-5-6(15)4-8(13)10(9)14/h1-5H,15H2,(H,16,17). The summed E-state index contributed by atoms with van der Waals surface area (Å²) < 4.78 is 40.7. The van der Waals surface area contributed by atoms with Crippen LogP contribution in [0.3, 0.4) is 0 Å². The highest BCUT2D eigenvalue weighted by Gasteiger charge is 2.23. The molecule has 0 saturated heterocycles. The van der Waals surface area contributed by atoms with Gasteiger partial charge < -0.3 is 5.73 Å². The molecule has 0 amide bonds. The first-order valence-corrected chi connectivity index (χ1v) is 7.84. The molecule has 0 aliphatic heterocycles. The van der Waals surface area contributed by atoms with E-state index in [9.17, 15) is 12.8 Å². The molecule has 20 heavy (non-hydrogen) atoms. The van der Waals surface area contributed by atoms with Crippen molar-refractivity contribution in [3.63, 3.8) is 0 Å². The van der Waals surface area contributed by atoms with Gasteiger partial charge in [-0.05, 0) is 40.2 Å². The van der Waals surface area contributed by atoms with Gasteiger partial charge in [0.2, 0.25) is 0 Å². The summed E-state index contributed by atoms with van der Waals surface area (Å²) in [6.45, 7) is 0. The van der Waals surface area contributed by atoms with Gasteiger partial charge in [0, 0.05) is 11.9 Å². The van der Waals surface area contributed by atoms with Crippen LogP contribution in [0.4, 0.5) is 15.9 Å². The molecule has 0 bridgehead atoms. The maximum atomic E-state index is 13.8. The summed E-state index contributed by atoms with van der Waals surface area (Å²) in [6.07, 6.45) is 1.39. The number of nitrogens with zero attached hydrogens (tertiary/aromatic N) is 1. The molecular formula is C11H8BrClFN3O2S. The van der Waals surface area contributed by atoms with E-state index in [2.05, 4.69) is 25.6 Å². The zero-order valence-corrected chi connectivity index (χ0v) is 12.9. The van der Waals surface area contributed by atoms with Crippen LogP contribution in [0.5, 0.6) is 0 Å². The Morgan fingerprint density at radius 2 is 2.10 bits per heavy atom. The van der Waals surface area contributed by atoms with Gasteiger partial charge in [-0.25, -0.2) is 17.8 Å². The molecule has 106 valence electrons. The number of nitrogens with two attached hydrogens (primary N) is 1. The summed E-state index contributed by atoms with van der Waals surface area (Å²) in [4.78, 5) is 3.20. The van der Waals surface area contributed by atoms with Gasteiger partial charge in [0.25, 0.3) is 10.0 Å². The van der Waals surface area contributed by atoms with Crippen molar-refractivity contribution >= 4 is 49.1 Å². The highest BCUT2D eigenvalue weighted by Crippen LogP contribution is 2.28. The lowest BCUT2D eigenvalue weighted by Crippen LogP contribution is -2.16. The van der Waals surface area contributed by atoms with Gasteiger partial charge in [0.15, 0.2) is 11.6 Å².